The van der Waals surface area contributed by atoms with Crippen molar-refractivity contribution < 1.29 is 9.53 Å². The highest BCUT2D eigenvalue weighted by molar-refractivity contribution is 5.78. The van der Waals surface area contributed by atoms with E-state index in [4.69, 9.17) is 4.74 Å². The van der Waals surface area contributed by atoms with Crippen molar-refractivity contribution in [1.82, 2.24) is 10.2 Å². The van der Waals surface area contributed by atoms with Gasteiger partial charge in [0, 0.05) is 19.2 Å². The van der Waals surface area contributed by atoms with Crippen molar-refractivity contribution in [3.8, 4) is 0 Å². The fourth-order valence-corrected chi connectivity index (χ4v) is 3.12. The Hall–Kier alpha value is -1.39. The average Bonchev–Trinajstić information content (AvgIpc) is 3.00. The molecule has 1 fully saturated rings. The number of rotatable bonds is 8. The first-order valence-corrected chi connectivity index (χ1v) is 8.21. The Morgan fingerprint density at radius 1 is 1.32 bits per heavy atom. The lowest BCUT2D eigenvalue weighted by Gasteiger charge is -2.27. The molecule has 4 heteroatoms. The van der Waals surface area contributed by atoms with Crippen LogP contribution in [0.15, 0.2) is 30.3 Å². The lowest BCUT2D eigenvalue weighted by molar-refractivity contribution is -0.123. The molecule has 1 aromatic carbocycles. The quantitative estimate of drug-likeness (QED) is 0.801. The summed E-state index contributed by atoms with van der Waals surface area (Å²) >= 11 is 0. The Morgan fingerprint density at radius 3 is 2.64 bits per heavy atom. The summed E-state index contributed by atoms with van der Waals surface area (Å²) in [6, 6.07) is 11.0. The third-order valence-electron chi connectivity index (χ3n) is 4.41. The second-order valence-electron chi connectivity index (χ2n) is 6.26. The monoisotopic (exact) mass is 304 g/mol. The van der Waals surface area contributed by atoms with Crippen LogP contribution in [0.25, 0.3) is 0 Å². The zero-order valence-electron chi connectivity index (χ0n) is 13.8. The van der Waals surface area contributed by atoms with Crippen molar-refractivity contribution in [3.63, 3.8) is 0 Å². The number of hydrogen-bond acceptors (Lipinski definition) is 3. The lowest BCUT2D eigenvalue weighted by atomic mass is 10.1. The number of amides is 1. The number of carbonyl (C=O) groups excluding carboxylic acids is 1. The van der Waals surface area contributed by atoms with E-state index in [9.17, 15) is 4.79 Å². The molecule has 2 rings (SSSR count). The highest BCUT2D eigenvalue weighted by atomic mass is 16.5. The second-order valence-corrected chi connectivity index (χ2v) is 6.26. The van der Waals surface area contributed by atoms with E-state index in [0.29, 0.717) is 19.2 Å². The summed E-state index contributed by atoms with van der Waals surface area (Å²) in [7, 11) is 3.71. The third kappa shape index (κ3) is 5.43. The van der Waals surface area contributed by atoms with Gasteiger partial charge >= 0.3 is 0 Å². The van der Waals surface area contributed by atoms with Crippen molar-refractivity contribution in [2.45, 2.75) is 44.2 Å². The van der Waals surface area contributed by atoms with E-state index in [1.165, 1.54) is 18.4 Å². The summed E-state index contributed by atoms with van der Waals surface area (Å²) in [5, 5.41) is 3.15. The van der Waals surface area contributed by atoms with Crippen molar-refractivity contribution in [3.05, 3.63) is 35.9 Å². The number of nitrogens with one attached hydrogen (secondary N) is 1. The van der Waals surface area contributed by atoms with Gasteiger partial charge in [0.25, 0.3) is 0 Å². The molecule has 1 aliphatic rings. The Bertz CT molecular complexity index is 444. The average molecular weight is 304 g/mol. The zero-order valence-corrected chi connectivity index (χ0v) is 13.8. The van der Waals surface area contributed by atoms with E-state index < -0.39 is 0 Å². The van der Waals surface area contributed by atoms with Crippen LogP contribution in [0.4, 0.5) is 0 Å². The highest BCUT2D eigenvalue weighted by Gasteiger charge is 2.21. The van der Waals surface area contributed by atoms with Crippen molar-refractivity contribution in [2.75, 3.05) is 27.3 Å². The Balaban J connectivity index is 1.85. The largest absolute Gasteiger partial charge is 0.383 e. The van der Waals surface area contributed by atoms with Gasteiger partial charge in [-0.05, 0) is 31.9 Å². The molecule has 0 unspecified atom stereocenters. The van der Waals surface area contributed by atoms with Crippen LogP contribution in [0.3, 0.4) is 0 Å². The molecule has 0 bridgehead atoms. The maximum absolute atomic E-state index is 12.2. The minimum absolute atomic E-state index is 0.128. The summed E-state index contributed by atoms with van der Waals surface area (Å²) < 4.78 is 5.34. The Morgan fingerprint density at radius 2 is 2.00 bits per heavy atom. The van der Waals surface area contributed by atoms with Crippen LogP contribution in [0.5, 0.6) is 0 Å². The first kappa shape index (κ1) is 17.0. The molecule has 122 valence electrons. The molecular formula is C18H28N2O2. The maximum atomic E-state index is 12.2. The van der Waals surface area contributed by atoms with Gasteiger partial charge in [-0.2, -0.15) is 0 Å². The number of likely N-dealkylation sites (N-methyl/N-ethyl adjacent to an activating group) is 1. The molecule has 1 aromatic rings. The van der Waals surface area contributed by atoms with E-state index in [2.05, 4.69) is 22.3 Å². The van der Waals surface area contributed by atoms with Gasteiger partial charge in [0.1, 0.15) is 0 Å². The third-order valence-corrected chi connectivity index (χ3v) is 4.41. The maximum Gasteiger partial charge on any atom is 0.234 e. The van der Waals surface area contributed by atoms with Crippen LogP contribution < -0.4 is 5.32 Å². The molecule has 0 aromatic heterocycles. The standard InChI is InChI=1S/C18H28N2O2/c1-20(13-18(21)19-16-10-6-7-11-16)17(14-22-2)12-15-8-4-3-5-9-15/h3-5,8-9,16-17H,6-7,10-14H2,1-2H3,(H,19,21)/t17-/m1/s1. The summed E-state index contributed by atoms with van der Waals surface area (Å²) in [4.78, 5) is 14.3. The van der Waals surface area contributed by atoms with Crippen LogP contribution in [0.2, 0.25) is 0 Å². The molecule has 1 N–H and O–H groups in total. The molecule has 0 aliphatic heterocycles. The molecule has 0 heterocycles. The van der Waals surface area contributed by atoms with Crippen LogP contribution >= 0.6 is 0 Å². The molecule has 0 spiro atoms. The summed E-state index contributed by atoms with van der Waals surface area (Å²) in [6.45, 7) is 1.06. The number of hydrogen-bond donors (Lipinski definition) is 1. The van der Waals surface area contributed by atoms with Crippen molar-refractivity contribution in [1.29, 1.82) is 0 Å². The molecule has 4 nitrogen and oxygen atoms in total. The van der Waals surface area contributed by atoms with Crippen LogP contribution in [-0.4, -0.2) is 50.2 Å². The molecular weight excluding hydrogens is 276 g/mol. The summed E-state index contributed by atoms with van der Waals surface area (Å²) in [5.41, 5.74) is 1.27. The molecule has 1 saturated carbocycles. The van der Waals surface area contributed by atoms with Gasteiger partial charge in [-0.1, -0.05) is 43.2 Å². The molecule has 22 heavy (non-hydrogen) atoms. The van der Waals surface area contributed by atoms with Crippen LogP contribution in [0.1, 0.15) is 31.2 Å². The Kier molecular flexibility index (Phi) is 6.87. The van der Waals surface area contributed by atoms with E-state index in [1.54, 1.807) is 7.11 Å². The highest BCUT2D eigenvalue weighted by Crippen LogP contribution is 2.17. The molecule has 1 atom stereocenters. The summed E-state index contributed by atoms with van der Waals surface area (Å²) in [6.07, 6.45) is 5.62. The van der Waals surface area contributed by atoms with Crippen LogP contribution in [-0.2, 0) is 16.0 Å². The Labute approximate surface area is 133 Å². The van der Waals surface area contributed by atoms with E-state index >= 15 is 0 Å². The molecule has 0 saturated heterocycles. The first-order chi connectivity index (χ1) is 10.7. The van der Waals surface area contributed by atoms with Gasteiger partial charge in [-0.25, -0.2) is 0 Å². The van der Waals surface area contributed by atoms with Gasteiger partial charge < -0.3 is 10.1 Å². The molecule has 1 aliphatic carbocycles. The predicted molar refractivity (Wildman–Crippen MR) is 88.8 cm³/mol. The van der Waals surface area contributed by atoms with Gasteiger partial charge in [-0.15, -0.1) is 0 Å². The normalized spacial score (nSPS) is 16.9. The minimum atomic E-state index is 0.128. The smallest absolute Gasteiger partial charge is 0.234 e. The number of methoxy groups -OCH3 is 1. The van der Waals surface area contributed by atoms with Crippen molar-refractivity contribution in [2.24, 2.45) is 0 Å². The summed E-state index contributed by atoms with van der Waals surface area (Å²) in [5.74, 6) is 0.128. The SMILES string of the molecule is COC[C@@H](Cc1ccccc1)N(C)CC(=O)NC1CCCC1. The van der Waals surface area contributed by atoms with E-state index in [1.807, 2.05) is 25.2 Å². The fourth-order valence-electron chi connectivity index (χ4n) is 3.12. The van der Waals surface area contributed by atoms with Gasteiger partial charge in [0.2, 0.25) is 5.91 Å². The number of carbonyl (C=O) groups is 1. The molecule has 0 radical (unpaired) electrons. The van der Waals surface area contributed by atoms with Crippen LogP contribution in [0, 0.1) is 0 Å². The number of benzene rings is 1. The predicted octanol–water partition coefficient (Wildman–Crippen LogP) is 2.23. The van der Waals surface area contributed by atoms with E-state index in [0.717, 1.165) is 19.3 Å². The molecule has 1 amide bonds. The first-order valence-electron chi connectivity index (χ1n) is 8.21. The lowest BCUT2D eigenvalue weighted by Crippen LogP contribution is -2.45. The fraction of sp³-hybridized carbons (Fsp3) is 0.611. The second kappa shape index (κ2) is 8.91. The van der Waals surface area contributed by atoms with Gasteiger partial charge in [-0.3, -0.25) is 9.69 Å². The number of ether oxygens (including phenoxy) is 1. The van der Waals surface area contributed by atoms with Gasteiger partial charge in [0.15, 0.2) is 0 Å². The van der Waals surface area contributed by atoms with Crippen molar-refractivity contribution >= 4 is 5.91 Å². The zero-order chi connectivity index (χ0) is 15.8. The topological polar surface area (TPSA) is 41.6 Å². The van der Waals surface area contributed by atoms with Gasteiger partial charge in [0.05, 0.1) is 13.2 Å². The minimum Gasteiger partial charge on any atom is -0.383 e. The number of nitrogens with zero attached hydrogens (tertiary/aromatic N) is 1. The van der Waals surface area contributed by atoms with E-state index in [-0.39, 0.29) is 11.9 Å².